The van der Waals surface area contributed by atoms with E-state index >= 15 is 0 Å². The predicted octanol–water partition coefficient (Wildman–Crippen LogP) is 2.82. The Labute approximate surface area is 135 Å². The molecule has 2 aromatic rings. The third kappa shape index (κ3) is 3.57. The van der Waals surface area contributed by atoms with E-state index in [-0.39, 0.29) is 0 Å². The lowest BCUT2D eigenvalue weighted by Gasteiger charge is -2.15. The van der Waals surface area contributed by atoms with Crippen LogP contribution in [0.25, 0.3) is 0 Å². The number of benzene rings is 1. The zero-order valence-corrected chi connectivity index (χ0v) is 14.0. The number of hydrogen-bond acceptors (Lipinski definition) is 4. The van der Waals surface area contributed by atoms with E-state index in [1.807, 2.05) is 12.1 Å². The van der Waals surface area contributed by atoms with Gasteiger partial charge in [0.1, 0.15) is 0 Å². The molecule has 0 saturated carbocycles. The van der Waals surface area contributed by atoms with Crippen molar-refractivity contribution >= 4 is 21.4 Å². The second-order valence-corrected chi connectivity index (χ2v) is 8.21. The molecule has 0 atom stereocenters. The monoisotopic (exact) mass is 336 g/mol. The van der Waals surface area contributed by atoms with Crippen LogP contribution < -0.4 is 5.32 Å². The van der Waals surface area contributed by atoms with Crippen molar-refractivity contribution in [3.8, 4) is 0 Å². The van der Waals surface area contributed by atoms with E-state index < -0.39 is 10.0 Å². The van der Waals surface area contributed by atoms with Gasteiger partial charge in [-0.05, 0) is 52.9 Å². The summed E-state index contributed by atoms with van der Waals surface area (Å²) in [5.41, 5.74) is 2.37. The molecule has 22 heavy (non-hydrogen) atoms. The van der Waals surface area contributed by atoms with Crippen molar-refractivity contribution in [2.75, 3.05) is 13.1 Å². The Hall–Kier alpha value is -1.21. The van der Waals surface area contributed by atoms with Crippen molar-refractivity contribution in [1.29, 1.82) is 0 Å². The highest BCUT2D eigenvalue weighted by Crippen LogP contribution is 2.21. The molecule has 1 fully saturated rings. The van der Waals surface area contributed by atoms with Gasteiger partial charge in [0, 0.05) is 26.2 Å². The van der Waals surface area contributed by atoms with Crippen LogP contribution >= 0.6 is 11.3 Å². The molecule has 0 amide bonds. The van der Waals surface area contributed by atoms with Crippen molar-refractivity contribution in [3.63, 3.8) is 0 Å². The molecule has 4 nitrogen and oxygen atoms in total. The molecule has 1 N–H and O–H groups in total. The molecule has 1 aliphatic heterocycles. The number of nitrogens with zero attached hydrogens (tertiary/aromatic N) is 1. The van der Waals surface area contributed by atoms with Crippen LogP contribution in [0.1, 0.15) is 24.0 Å². The van der Waals surface area contributed by atoms with Gasteiger partial charge in [-0.25, -0.2) is 8.42 Å². The van der Waals surface area contributed by atoms with E-state index in [1.54, 1.807) is 27.8 Å². The average Bonchev–Trinajstić information content (AvgIpc) is 3.21. The molecule has 118 valence electrons. The molecule has 2 heterocycles. The first-order valence-electron chi connectivity index (χ1n) is 7.47. The quantitative estimate of drug-likeness (QED) is 0.882. The summed E-state index contributed by atoms with van der Waals surface area (Å²) in [4.78, 5) is 0.399. The minimum Gasteiger partial charge on any atom is -0.309 e. The van der Waals surface area contributed by atoms with Crippen molar-refractivity contribution in [3.05, 3.63) is 52.2 Å². The van der Waals surface area contributed by atoms with Gasteiger partial charge in [0.25, 0.3) is 0 Å². The van der Waals surface area contributed by atoms with Crippen LogP contribution in [0.3, 0.4) is 0 Å². The normalized spacial score (nSPS) is 16.2. The minimum atomic E-state index is -3.30. The summed E-state index contributed by atoms with van der Waals surface area (Å²) in [6.45, 7) is 2.86. The maximum absolute atomic E-state index is 12.4. The maximum atomic E-state index is 12.4. The second kappa shape index (κ2) is 6.91. The minimum absolute atomic E-state index is 0.399. The Morgan fingerprint density at radius 3 is 2.32 bits per heavy atom. The fraction of sp³-hybridized carbons (Fsp3) is 0.375. The van der Waals surface area contributed by atoms with Crippen LogP contribution in [0.4, 0.5) is 0 Å². The summed E-state index contributed by atoms with van der Waals surface area (Å²) in [5.74, 6) is 0. The van der Waals surface area contributed by atoms with Gasteiger partial charge in [-0.2, -0.15) is 15.6 Å². The number of sulfonamides is 1. The Kier molecular flexibility index (Phi) is 4.93. The number of thiophene rings is 1. The van der Waals surface area contributed by atoms with Crippen LogP contribution in [0, 0.1) is 0 Å². The third-order valence-electron chi connectivity index (χ3n) is 3.86. The molecule has 1 aromatic carbocycles. The van der Waals surface area contributed by atoms with Crippen LogP contribution in [0.5, 0.6) is 0 Å². The van der Waals surface area contributed by atoms with E-state index in [1.165, 1.54) is 5.56 Å². The van der Waals surface area contributed by atoms with E-state index in [0.29, 0.717) is 18.0 Å². The topological polar surface area (TPSA) is 49.4 Å². The first-order valence-corrected chi connectivity index (χ1v) is 9.85. The van der Waals surface area contributed by atoms with Gasteiger partial charge < -0.3 is 5.32 Å². The predicted molar refractivity (Wildman–Crippen MR) is 89.3 cm³/mol. The SMILES string of the molecule is O=S(=O)(c1ccc(CNCc2ccsc2)cc1)N1CCCC1. The molecule has 0 aliphatic carbocycles. The van der Waals surface area contributed by atoms with Crippen LogP contribution in [0.15, 0.2) is 46.0 Å². The van der Waals surface area contributed by atoms with Gasteiger partial charge in [-0.15, -0.1) is 0 Å². The fourth-order valence-electron chi connectivity index (χ4n) is 2.60. The summed E-state index contributed by atoms with van der Waals surface area (Å²) in [7, 11) is -3.30. The van der Waals surface area contributed by atoms with Crippen molar-refractivity contribution < 1.29 is 8.42 Å². The Balaban J connectivity index is 1.60. The lowest BCUT2D eigenvalue weighted by atomic mass is 10.2. The largest absolute Gasteiger partial charge is 0.309 e. The molecule has 3 rings (SSSR count). The standard InChI is InChI=1S/C16H20N2O2S2/c19-22(20,18-8-1-2-9-18)16-5-3-14(4-6-16)11-17-12-15-7-10-21-13-15/h3-7,10,13,17H,1-2,8-9,11-12H2. The second-order valence-electron chi connectivity index (χ2n) is 5.49. The summed E-state index contributed by atoms with van der Waals surface area (Å²) in [6, 6.07) is 9.32. The van der Waals surface area contributed by atoms with Crippen LogP contribution in [0.2, 0.25) is 0 Å². The van der Waals surface area contributed by atoms with E-state index in [0.717, 1.165) is 31.5 Å². The Morgan fingerprint density at radius 2 is 1.68 bits per heavy atom. The zero-order chi connectivity index (χ0) is 15.4. The van der Waals surface area contributed by atoms with Gasteiger partial charge in [-0.1, -0.05) is 12.1 Å². The highest BCUT2D eigenvalue weighted by atomic mass is 32.2. The molecule has 1 aliphatic rings. The Morgan fingerprint density at radius 1 is 1.00 bits per heavy atom. The van der Waals surface area contributed by atoms with E-state index in [4.69, 9.17) is 0 Å². The van der Waals surface area contributed by atoms with Crippen molar-refractivity contribution in [1.82, 2.24) is 9.62 Å². The van der Waals surface area contributed by atoms with Gasteiger partial charge in [0.05, 0.1) is 4.90 Å². The number of nitrogens with one attached hydrogen (secondary N) is 1. The fourth-order valence-corrected chi connectivity index (χ4v) is 4.79. The summed E-state index contributed by atoms with van der Waals surface area (Å²) >= 11 is 1.69. The molecule has 0 bridgehead atoms. The summed E-state index contributed by atoms with van der Waals surface area (Å²) in [6.07, 6.45) is 1.92. The van der Waals surface area contributed by atoms with Crippen molar-refractivity contribution in [2.24, 2.45) is 0 Å². The van der Waals surface area contributed by atoms with E-state index in [2.05, 4.69) is 22.1 Å². The van der Waals surface area contributed by atoms with Gasteiger partial charge in [0.2, 0.25) is 10.0 Å². The molecule has 0 radical (unpaired) electrons. The molecule has 0 spiro atoms. The highest BCUT2D eigenvalue weighted by molar-refractivity contribution is 7.89. The molecule has 6 heteroatoms. The highest BCUT2D eigenvalue weighted by Gasteiger charge is 2.26. The van der Waals surface area contributed by atoms with E-state index in [9.17, 15) is 8.42 Å². The van der Waals surface area contributed by atoms with Gasteiger partial charge in [0.15, 0.2) is 0 Å². The average molecular weight is 336 g/mol. The van der Waals surface area contributed by atoms with Gasteiger partial charge >= 0.3 is 0 Å². The third-order valence-corrected chi connectivity index (χ3v) is 6.51. The molecular formula is C16H20N2O2S2. The van der Waals surface area contributed by atoms with Gasteiger partial charge in [-0.3, -0.25) is 0 Å². The Bertz CT molecular complexity index is 688. The summed E-state index contributed by atoms with van der Waals surface area (Å²) in [5, 5.41) is 7.55. The smallest absolute Gasteiger partial charge is 0.243 e. The molecule has 1 saturated heterocycles. The van der Waals surface area contributed by atoms with Crippen LogP contribution in [-0.2, 0) is 23.1 Å². The van der Waals surface area contributed by atoms with Crippen LogP contribution in [-0.4, -0.2) is 25.8 Å². The number of rotatable bonds is 6. The lowest BCUT2D eigenvalue weighted by Crippen LogP contribution is -2.27. The number of hydrogen-bond donors (Lipinski definition) is 1. The van der Waals surface area contributed by atoms with Crippen molar-refractivity contribution in [2.45, 2.75) is 30.8 Å². The molecular weight excluding hydrogens is 316 g/mol. The molecule has 1 aromatic heterocycles. The summed E-state index contributed by atoms with van der Waals surface area (Å²) < 4.78 is 26.4. The first kappa shape index (κ1) is 15.7. The first-order chi connectivity index (χ1) is 10.7. The maximum Gasteiger partial charge on any atom is 0.243 e. The lowest BCUT2D eigenvalue weighted by molar-refractivity contribution is 0.477. The molecule has 0 unspecified atom stereocenters. The zero-order valence-electron chi connectivity index (χ0n) is 12.4.